The van der Waals surface area contributed by atoms with Crippen LogP contribution in [0.15, 0.2) is 12.4 Å². The maximum Gasteiger partial charge on any atom is 0.134 e. The molecule has 0 amide bonds. The van der Waals surface area contributed by atoms with Crippen LogP contribution in [0, 0.1) is 0 Å². The van der Waals surface area contributed by atoms with E-state index < -0.39 is 0 Å². The number of anilines is 2. The van der Waals surface area contributed by atoms with Crippen LogP contribution in [-0.4, -0.2) is 72.8 Å². The van der Waals surface area contributed by atoms with Gasteiger partial charge in [0.25, 0.3) is 0 Å². The van der Waals surface area contributed by atoms with E-state index in [1.807, 2.05) is 0 Å². The lowest BCUT2D eigenvalue weighted by Gasteiger charge is -2.45. The van der Waals surface area contributed by atoms with E-state index in [1.165, 1.54) is 0 Å². The quantitative estimate of drug-likeness (QED) is 0.877. The van der Waals surface area contributed by atoms with E-state index in [1.54, 1.807) is 6.33 Å². The average Bonchev–Trinajstić information content (AvgIpc) is 3.11. The lowest BCUT2D eigenvalue weighted by Crippen LogP contribution is -2.54. The first-order valence-electron chi connectivity index (χ1n) is 8.96. The molecule has 132 valence electrons. The standard InChI is InChI=1S/C17H26N4O3/c22-11-14-2-1-5-21(14)16-10-15(18-13-19-16)20-6-9-24-17(12-20)3-7-23-8-4-17/h10,13-14,22H,1-9,11-12H2. The van der Waals surface area contributed by atoms with Crippen LogP contribution in [0.1, 0.15) is 25.7 Å². The van der Waals surface area contributed by atoms with E-state index in [0.717, 1.165) is 76.8 Å². The van der Waals surface area contributed by atoms with Gasteiger partial charge in [-0.05, 0) is 12.8 Å². The van der Waals surface area contributed by atoms with Crippen LogP contribution in [0.4, 0.5) is 11.6 Å². The first kappa shape index (κ1) is 16.1. The zero-order valence-corrected chi connectivity index (χ0v) is 14.1. The molecule has 3 aliphatic heterocycles. The summed E-state index contributed by atoms with van der Waals surface area (Å²) in [6.45, 7) is 5.11. The van der Waals surface area contributed by atoms with Gasteiger partial charge in [-0.15, -0.1) is 0 Å². The average molecular weight is 334 g/mol. The van der Waals surface area contributed by atoms with Crippen molar-refractivity contribution in [3.63, 3.8) is 0 Å². The molecule has 0 saturated carbocycles. The van der Waals surface area contributed by atoms with Crippen LogP contribution in [0.25, 0.3) is 0 Å². The second kappa shape index (κ2) is 6.82. The van der Waals surface area contributed by atoms with Gasteiger partial charge in [-0.2, -0.15) is 0 Å². The molecule has 1 aromatic rings. The van der Waals surface area contributed by atoms with Gasteiger partial charge in [-0.3, -0.25) is 0 Å². The van der Waals surface area contributed by atoms with Gasteiger partial charge < -0.3 is 24.4 Å². The van der Waals surface area contributed by atoms with Gasteiger partial charge in [-0.25, -0.2) is 9.97 Å². The van der Waals surface area contributed by atoms with Gasteiger partial charge in [0.2, 0.25) is 0 Å². The highest BCUT2D eigenvalue weighted by Gasteiger charge is 2.39. The number of hydrogen-bond donors (Lipinski definition) is 1. The summed E-state index contributed by atoms with van der Waals surface area (Å²) in [5.41, 5.74) is -0.0944. The summed E-state index contributed by atoms with van der Waals surface area (Å²) in [5.74, 6) is 1.88. The zero-order valence-electron chi connectivity index (χ0n) is 14.1. The van der Waals surface area contributed by atoms with Crippen molar-refractivity contribution in [2.24, 2.45) is 0 Å². The first-order valence-corrected chi connectivity index (χ1v) is 8.96. The number of nitrogens with zero attached hydrogens (tertiary/aromatic N) is 4. The molecule has 0 radical (unpaired) electrons. The molecule has 1 aromatic heterocycles. The number of morpholine rings is 1. The highest BCUT2D eigenvalue weighted by atomic mass is 16.5. The van der Waals surface area contributed by atoms with E-state index in [-0.39, 0.29) is 18.2 Å². The predicted octanol–water partition coefficient (Wildman–Crippen LogP) is 0.824. The van der Waals surface area contributed by atoms with Crippen molar-refractivity contribution >= 4 is 11.6 Å². The summed E-state index contributed by atoms with van der Waals surface area (Å²) in [5, 5.41) is 9.56. The fourth-order valence-electron chi connectivity index (χ4n) is 4.08. The third kappa shape index (κ3) is 3.08. The van der Waals surface area contributed by atoms with Gasteiger partial charge in [-0.1, -0.05) is 0 Å². The molecule has 4 rings (SSSR count). The molecule has 3 aliphatic rings. The van der Waals surface area contributed by atoms with Crippen molar-refractivity contribution in [2.75, 3.05) is 55.9 Å². The van der Waals surface area contributed by atoms with E-state index in [2.05, 4.69) is 25.8 Å². The molecule has 0 bridgehead atoms. The molecule has 7 nitrogen and oxygen atoms in total. The van der Waals surface area contributed by atoms with E-state index >= 15 is 0 Å². The molecule has 0 aliphatic carbocycles. The Bertz CT molecular complexity index is 559. The zero-order chi connectivity index (χ0) is 16.4. The minimum absolute atomic E-state index is 0.0944. The highest BCUT2D eigenvalue weighted by molar-refractivity contribution is 5.51. The number of hydrogen-bond acceptors (Lipinski definition) is 7. The van der Waals surface area contributed by atoms with Crippen LogP contribution in [0.3, 0.4) is 0 Å². The van der Waals surface area contributed by atoms with Gasteiger partial charge in [0, 0.05) is 51.8 Å². The smallest absolute Gasteiger partial charge is 0.134 e. The number of rotatable bonds is 3. The SMILES string of the molecule is OCC1CCCN1c1cc(N2CCOC3(CCOCC3)C2)ncn1. The fourth-order valence-corrected chi connectivity index (χ4v) is 4.08. The summed E-state index contributed by atoms with van der Waals surface area (Å²) in [4.78, 5) is 13.5. The molecule has 1 unspecified atom stereocenters. The van der Waals surface area contributed by atoms with Gasteiger partial charge in [0.15, 0.2) is 0 Å². The van der Waals surface area contributed by atoms with E-state index in [0.29, 0.717) is 0 Å². The topological polar surface area (TPSA) is 71.0 Å². The Morgan fingerprint density at radius 3 is 2.83 bits per heavy atom. The number of ether oxygens (including phenoxy) is 2. The molecule has 3 fully saturated rings. The van der Waals surface area contributed by atoms with Crippen molar-refractivity contribution in [2.45, 2.75) is 37.3 Å². The summed E-state index contributed by atoms with van der Waals surface area (Å²) in [7, 11) is 0. The molecule has 4 heterocycles. The Kier molecular flexibility index (Phi) is 4.56. The predicted molar refractivity (Wildman–Crippen MR) is 90.4 cm³/mol. The van der Waals surface area contributed by atoms with Crippen LogP contribution in [0.2, 0.25) is 0 Å². The van der Waals surface area contributed by atoms with E-state index in [9.17, 15) is 5.11 Å². The Labute approximate surface area is 142 Å². The Morgan fingerprint density at radius 1 is 1.17 bits per heavy atom. The fraction of sp³-hybridized carbons (Fsp3) is 0.765. The molecule has 7 heteroatoms. The number of aliphatic hydroxyl groups is 1. The molecule has 1 spiro atoms. The van der Waals surface area contributed by atoms with Crippen molar-refractivity contribution in [1.82, 2.24) is 9.97 Å². The summed E-state index contributed by atoms with van der Waals surface area (Å²) >= 11 is 0. The van der Waals surface area contributed by atoms with Crippen LogP contribution < -0.4 is 9.80 Å². The van der Waals surface area contributed by atoms with Crippen molar-refractivity contribution in [1.29, 1.82) is 0 Å². The van der Waals surface area contributed by atoms with Crippen LogP contribution in [-0.2, 0) is 9.47 Å². The van der Waals surface area contributed by atoms with Gasteiger partial charge in [0.05, 0.1) is 24.9 Å². The van der Waals surface area contributed by atoms with Crippen molar-refractivity contribution < 1.29 is 14.6 Å². The molecule has 24 heavy (non-hydrogen) atoms. The summed E-state index contributed by atoms with van der Waals surface area (Å²) < 4.78 is 11.6. The monoisotopic (exact) mass is 334 g/mol. The summed E-state index contributed by atoms with van der Waals surface area (Å²) in [6, 6.07) is 2.24. The van der Waals surface area contributed by atoms with E-state index in [4.69, 9.17) is 9.47 Å². The van der Waals surface area contributed by atoms with Crippen molar-refractivity contribution in [3.8, 4) is 0 Å². The lowest BCUT2D eigenvalue weighted by molar-refractivity contribution is -0.116. The lowest BCUT2D eigenvalue weighted by atomic mass is 9.92. The minimum Gasteiger partial charge on any atom is -0.394 e. The Morgan fingerprint density at radius 2 is 2.00 bits per heavy atom. The normalized spacial score (nSPS) is 27.0. The number of aromatic nitrogens is 2. The highest BCUT2D eigenvalue weighted by Crippen LogP contribution is 2.32. The third-order valence-electron chi connectivity index (χ3n) is 5.50. The molecular formula is C17H26N4O3. The minimum atomic E-state index is -0.0944. The van der Waals surface area contributed by atoms with Crippen LogP contribution in [0.5, 0.6) is 0 Å². The Hall–Kier alpha value is -1.44. The molecule has 1 atom stereocenters. The molecular weight excluding hydrogens is 308 g/mol. The van der Waals surface area contributed by atoms with Crippen LogP contribution >= 0.6 is 0 Å². The number of aliphatic hydroxyl groups excluding tert-OH is 1. The Balaban J connectivity index is 1.52. The maximum atomic E-state index is 9.56. The van der Waals surface area contributed by atoms with Gasteiger partial charge >= 0.3 is 0 Å². The van der Waals surface area contributed by atoms with Crippen molar-refractivity contribution in [3.05, 3.63) is 12.4 Å². The second-order valence-electron chi connectivity index (χ2n) is 6.97. The largest absolute Gasteiger partial charge is 0.394 e. The summed E-state index contributed by atoms with van der Waals surface area (Å²) in [6.07, 6.45) is 5.66. The van der Waals surface area contributed by atoms with Gasteiger partial charge in [0.1, 0.15) is 18.0 Å². The molecule has 3 saturated heterocycles. The first-order chi connectivity index (χ1) is 11.8. The molecule has 0 aromatic carbocycles. The third-order valence-corrected chi connectivity index (χ3v) is 5.50. The maximum absolute atomic E-state index is 9.56. The molecule has 1 N–H and O–H groups in total. The second-order valence-corrected chi connectivity index (χ2v) is 6.97.